The molecule has 0 unspecified atom stereocenters. The third kappa shape index (κ3) is 6.54. The molecule has 0 saturated carbocycles. The van der Waals surface area contributed by atoms with Gasteiger partial charge in [0.15, 0.2) is 0 Å². The van der Waals surface area contributed by atoms with Gasteiger partial charge in [0.2, 0.25) is 0 Å². The monoisotopic (exact) mass is 281 g/mol. The summed E-state index contributed by atoms with van der Waals surface area (Å²) in [4.78, 5) is 11.6. The first-order valence-corrected chi connectivity index (χ1v) is 6.68. The fourth-order valence-electron chi connectivity index (χ4n) is 1.48. The average molecular weight is 281 g/mol. The molecule has 0 radical (unpaired) electrons. The van der Waals surface area contributed by atoms with Crippen molar-refractivity contribution in [1.82, 2.24) is 5.32 Å². The van der Waals surface area contributed by atoms with Gasteiger partial charge in [-0.15, -0.1) is 0 Å². The summed E-state index contributed by atoms with van der Waals surface area (Å²) in [5.74, 6) is 0.489. The number of carbonyl (C=O) groups is 1. The van der Waals surface area contributed by atoms with Crippen LogP contribution in [0, 0.1) is 0 Å². The molecule has 0 aromatic heterocycles. The summed E-state index contributed by atoms with van der Waals surface area (Å²) in [5, 5.41) is 11.2. The third-order valence-electron chi connectivity index (χ3n) is 2.40. The molecular weight excluding hydrogens is 258 g/mol. The van der Waals surface area contributed by atoms with Gasteiger partial charge >= 0.3 is 0 Å². The lowest BCUT2D eigenvalue weighted by Crippen LogP contribution is -2.26. The van der Waals surface area contributed by atoms with Gasteiger partial charge in [-0.25, -0.2) is 0 Å². The topological polar surface area (TPSA) is 67.8 Å². The Morgan fingerprint density at radius 1 is 1.20 bits per heavy atom. The average Bonchev–Trinajstić information content (AvgIpc) is 2.40. The van der Waals surface area contributed by atoms with E-state index in [1.165, 1.54) is 0 Å². The highest BCUT2D eigenvalue weighted by Gasteiger charge is 2.09. The molecule has 1 rings (SSSR count). The van der Waals surface area contributed by atoms with Gasteiger partial charge in [-0.2, -0.15) is 0 Å². The summed E-state index contributed by atoms with van der Waals surface area (Å²) in [6, 6.07) is 6.86. The van der Waals surface area contributed by atoms with Crippen LogP contribution in [0.25, 0.3) is 0 Å². The molecule has 112 valence electrons. The Balaban J connectivity index is 2.37. The van der Waals surface area contributed by atoms with Crippen molar-refractivity contribution < 1.29 is 19.4 Å². The molecule has 0 spiro atoms. The van der Waals surface area contributed by atoms with Gasteiger partial charge in [-0.05, 0) is 45.0 Å². The highest BCUT2D eigenvalue weighted by molar-refractivity contribution is 5.94. The minimum atomic E-state index is -0.207. The van der Waals surface area contributed by atoms with Crippen LogP contribution in [0.5, 0.6) is 5.75 Å². The van der Waals surface area contributed by atoms with Gasteiger partial charge in [0, 0.05) is 12.1 Å². The van der Waals surface area contributed by atoms with Crippen LogP contribution in [0.3, 0.4) is 0 Å². The maximum atomic E-state index is 11.6. The van der Waals surface area contributed by atoms with Gasteiger partial charge in [-0.3, -0.25) is 4.79 Å². The van der Waals surface area contributed by atoms with Crippen LogP contribution in [0.15, 0.2) is 24.3 Å². The molecule has 5 heteroatoms. The van der Waals surface area contributed by atoms with Gasteiger partial charge in [-0.1, -0.05) is 0 Å². The zero-order chi connectivity index (χ0) is 15.0. The normalized spacial score (nSPS) is 11.2. The van der Waals surface area contributed by atoms with E-state index < -0.39 is 0 Å². The van der Waals surface area contributed by atoms with Gasteiger partial charge in [0.1, 0.15) is 12.4 Å². The van der Waals surface area contributed by atoms with Crippen molar-refractivity contribution in [3.63, 3.8) is 0 Å². The molecule has 1 aromatic rings. The molecule has 0 heterocycles. The number of aliphatic hydroxyl groups is 1. The zero-order valence-corrected chi connectivity index (χ0v) is 12.3. The molecule has 1 aromatic carbocycles. The maximum Gasteiger partial charge on any atom is 0.251 e. The standard InChI is InChI=1S/C15H23NO4/c1-15(2,3)20-11-10-19-13-6-4-12(5-7-13)14(18)16-8-9-17/h4-7,17H,8-11H2,1-3H3,(H,16,18). The number of benzene rings is 1. The number of amides is 1. The highest BCUT2D eigenvalue weighted by atomic mass is 16.5. The van der Waals surface area contributed by atoms with Crippen LogP contribution in [-0.4, -0.2) is 43.0 Å². The number of aliphatic hydroxyl groups excluding tert-OH is 1. The fraction of sp³-hybridized carbons (Fsp3) is 0.533. The van der Waals surface area contributed by atoms with Crippen molar-refractivity contribution in [1.29, 1.82) is 0 Å². The Morgan fingerprint density at radius 2 is 1.85 bits per heavy atom. The van der Waals surface area contributed by atoms with Crippen molar-refractivity contribution in [2.24, 2.45) is 0 Å². The molecule has 1 amide bonds. The highest BCUT2D eigenvalue weighted by Crippen LogP contribution is 2.12. The fourth-order valence-corrected chi connectivity index (χ4v) is 1.48. The molecule has 2 N–H and O–H groups in total. The minimum absolute atomic E-state index is 0.0687. The van der Waals surface area contributed by atoms with Crippen LogP contribution >= 0.6 is 0 Å². The van der Waals surface area contributed by atoms with E-state index in [1.54, 1.807) is 24.3 Å². The quantitative estimate of drug-likeness (QED) is 0.745. The second-order valence-corrected chi connectivity index (χ2v) is 5.31. The molecule has 5 nitrogen and oxygen atoms in total. The van der Waals surface area contributed by atoms with Crippen LogP contribution in [0.2, 0.25) is 0 Å². The zero-order valence-electron chi connectivity index (χ0n) is 12.3. The summed E-state index contributed by atoms with van der Waals surface area (Å²) < 4.78 is 11.1. The van der Waals surface area contributed by atoms with E-state index in [0.29, 0.717) is 24.5 Å². The molecule has 0 atom stereocenters. The third-order valence-corrected chi connectivity index (χ3v) is 2.40. The number of hydrogen-bond donors (Lipinski definition) is 2. The summed E-state index contributed by atoms with van der Waals surface area (Å²) in [6.45, 7) is 7.14. The smallest absolute Gasteiger partial charge is 0.251 e. The van der Waals surface area contributed by atoms with E-state index in [4.69, 9.17) is 14.6 Å². The summed E-state index contributed by atoms with van der Waals surface area (Å²) in [7, 11) is 0. The summed E-state index contributed by atoms with van der Waals surface area (Å²) in [5.41, 5.74) is 0.370. The predicted molar refractivity (Wildman–Crippen MR) is 77.1 cm³/mol. The van der Waals surface area contributed by atoms with E-state index in [-0.39, 0.29) is 24.7 Å². The predicted octanol–water partition coefficient (Wildman–Crippen LogP) is 1.60. The first-order valence-electron chi connectivity index (χ1n) is 6.68. The van der Waals surface area contributed by atoms with Crippen LogP contribution < -0.4 is 10.1 Å². The number of rotatable bonds is 7. The van der Waals surface area contributed by atoms with Crippen LogP contribution in [0.1, 0.15) is 31.1 Å². The Labute approximate surface area is 119 Å². The SMILES string of the molecule is CC(C)(C)OCCOc1ccc(C(=O)NCCO)cc1. The lowest BCUT2D eigenvalue weighted by Gasteiger charge is -2.19. The second-order valence-electron chi connectivity index (χ2n) is 5.31. The van der Waals surface area contributed by atoms with Gasteiger partial charge in [0.25, 0.3) is 5.91 Å². The Kier molecular flexibility index (Phi) is 6.48. The first kappa shape index (κ1) is 16.5. The van der Waals surface area contributed by atoms with Gasteiger partial charge in [0.05, 0.1) is 18.8 Å². The van der Waals surface area contributed by atoms with E-state index in [2.05, 4.69) is 5.32 Å². The van der Waals surface area contributed by atoms with Crippen molar-refractivity contribution in [2.45, 2.75) is 26.4 Å². The van der Waals surface area contributed by atoms with E-state index >= 15 is 0 Å². The number of hydrogen-bond acceptors (Lipinski definition) is 4. The molecule has 0 aliphatic rings. The Hall–Kier alpha value is -1.59. The maximum absolute atomic E-state index is 11.6. The number of nitrogens with one attached hydrogen (secondary N) is 1. The van der Waals surface area contributed by atoms with Crippen molar-refractivity contribution in [3.8, 4) is 5.75 Å². The molecule has 0 aliphatic carbocycles. The van der Waals surface area contributed by atoms with Crippen molar-refractivity contribution in [2.75, 3.05) is 26.4 Å². The Morgan fingerprint density at radius 3 is 2.40 bits per heavy atom. The largest absolute Gasteiger partial charge is 0.491 e. The van der Waals surface area contributed by atoms with E-state index in [9.17, 15) is 4.79 Å². The van der Waals surface area contributed by atoms with Crippen molar-refractivity contribution >= 4 is 5.91 Å². The van der Waals surface area contributed by atoms with E-state index in [0.717, 1.165) is 0 Å². The van der Waals surface area contributed by atoms with Gasteiger partial charge < -0.3 is 19.9 Å². The summed E-state index contributed by atoms with van der Waals surface area (Å²) in [6.07, 6.45) is 0. The lowest BCUT2D eigenvalue weighted by molar-refractivity contribution is -0.0163. The second kappa shape index (κ2) is 7.87. The Bertz CT molecular complexity index is 409. The minimum Gasteiger partial charge on any atom is -0.491 e. The van der Waals surface area contributed by atoms with E-state index in [1.807, 2.05) is 20.8 Å². The molecular formula is C15H23NO4. The van der Waals surface area contributed by atoms with Crippen molar-refractivity contribution in [3.05, 3.63) is 29.8 Å². The molecule has 20 heavy (non-hydrogen) atoms. The molecule has 0 aliphatic heterocycles. The van der Waals surface area contributed by atoms with Crippen LogP contribution in [0.4, 0.5) is 0 Å². The molecule has 0 saturated heterocycles. The molecule has 0 bridgehead atoms. The number of ether oxygens (including phenoxy) is 2. The first-order chi connectivity index (χ1) is 9.42. The lowest BCUT2D eigenvalue weighted by atomic mass is 10.2. The summed E-state index contributed by atoms with van der Waals surface area (Å²) >= 11 is 0. The number of carbonyl (C=O) groups excluding carboxylic acids is 1. The molecule has 0 fully saturated rings. The van der Waals surface area contributed by atoms with Crippen LogP contribution in [-0.2, 0) is 4.74 Å².